The van der Waals surface area contributed by atoms with Gasteiger partial charge in [-0.05, 0) is 20.9 Å². The second kappa shape index (κ2) is 6.69. The van der Waals surface area contributed by atoms with Crippen LogP contribution in [-0.2, 0) is 23.0 Å². The van der Waals surface area contributed by atoms with Crippen LogP contribution in [0.15, 0.2) is 20.9 Å². The van der Waals surface area contributed by atoms with E-state index in [0.717, 1.165) is 5.01 Å². The molecule has 8 heteroatoms. The zero-order valence-corrected chi connectivity index (χ0v) is 13.9. The summed E-state index contributed by atoms with van der Waals surface area (Å²) in [6.07, 6.45) is 2.29. The first-order chi connectivity index (χ1) is 9.95. The van der Waals surface area contributed by atoms with Gasteiger partial charge in [-0.1, -0.05) is 0 Å². The molecule has 0 radical (unpaired) electrons. The van der Waals surface area contributed by atoms with Gasteiger partial charge in [0.05, 0.1) is 5.01 Å². The Hall–Kier alpha value is -1.22. The summed E-state index contributed by atoms with van der Waals surface area (Å²) in [6.45, 7) is 4.21. The molecule has 0 bridgehead atoms. The van der Waals surface area contributed by atoms with Crippen molar-refractivity contribution in [3.63, 3.8) is 0 Å². The Morgan fingerprint density at radius 3 is 2.71 bits per heavy atom. The van der Waals surface area contributed by atoms with Crippen LogP contribution in [0.1, 0.15) is 22.1 Å². The number of furan rings is 1. The number of aromatic nitrogens is 1. The number of nitrogens with zero attached hydrogens (tertiary/aromatic N) is 1. The molecule has 2 N–H and O–H groups in total. The summed E-state index contributed by atoms with van der Waals surface area (Å²) in [5.74, 6) is 1.04. The molecule has 0 atom stereocenters. The molecule has 0 spiro atoms. The lowest BCUT2D eigenvalue weighted by atomic mass is 10.2. The zero-order chi connectivity index (χ0) is 15.5. The summed E-state index contributed by atoms with van der Waals surface area (Å²) < 4.78 is 33.0. The fourth-order valence-corrected chi connectivity index (χ4v) is 4.28. The average molecular weight is 329 g/mol. The number of rotatable bonds is 7. The highest BCUT2D eigenvalue weighted by Gasteiger charge is 2.26. The summed E-state index contributed by atoms with van der Waals surface area (Å²) in [5, 5.41) is 5.75. The van der Waals surface area contributed by atoms with Crippen LogP contribution in [-0.4, -0.2) is 27.0 Å². The fourth-order valence-electron chi connectivity index (χ4n) is 2.18. The van der Waals surface area contributed by atoms with E-state index in [1.807, 2.05) is 5.38 Å². The molecule has 0 saturated heterocycles. The Kier molecular flexibility index (Phi) is 5.15. The lowest BCUT2D eigenvalue weighted by Gasteiger charge is -2.08. The number of aryl methyl sites for hydroxylation is 2. The highest BCUT2D eigenvalue weighted by atomic mass is 32.2. The van der Waals surface area contributed by atoms with Crippen molar-refractivity contribution in [2.75, 3.05) is 13.6 Å². The van der Waals surface area contributed by atoms with Crippen molar-refractivity contribution in [1.82, 2.24) is 15.0 Å². The molecular formula is C13H19N3O3S2. The lowest BCUT2D eigenvalue weighted by molar-refractivity contribution is 0.493. The molecular weight excluding hydrogens is 310 g/mol. The van der Waals surface area contributed by atoms with Gasteiger partial charge < -0.3 is 9.73 Å². The van der Waals surface area contributed by atoms with Crippen LogP contribution in [0.25, 0.3) is 0 Å². The van der Waals surface area contributed by atoms with Gasteiger partial charge in [0.1, 0.15) is 16.4 Å². The van der Waals surface area contributed by atoms with E-state index >= 15 is 0 Å². The minimum Gasteiger partial charge on any atom is -0.465 e. The van der Waals surface area contributed by atoms with Crippen molar-refractivity contribution >= 4 is 21.4 Å². The first-order valence-electron chi connectivity index (χ1n) is 6.57. The van der Waals surface area contributed by atoms with Crippen molar-refractivity contribution in [3.8, 4) is 0 Å². The molecule has 2 rings (SSSR count). The van der Waals surface area contributed by atoms with E-state index in [2.05, 4.69) is 15.0 Å². The molecule has 0 unspecified atom stereocenters. The Morgan fingerprint density at radius 2 is 2.10 bits per heavy atom. The summed E-state index contributed by atoms with van der Waals surface area (Å²) in [6, 6.07) is 0. The lowest BCUT2D eigenvalue weighted by Crippen LogP contribution is -2.27. The van der Waals surface area contributed by atoms with Gasteiger partial charge in [0.2, 0.25) is 10.0 Å². The van der Waals surface area contributed by atoms with Gasteiger partial charge in [-0.3, -0.25) is 0 Å². The van der Waals surface area contributed by atoms with Gasteiger partial charge >= 0.3 is 0 Å². The molecule has 0 aliphatic heterocycles. The third kappa shape index (κ3) is 3.70. The molecule has 2 aromatic rings. The second-order valence-corrected chi connectivity index (χ2v) is 7.31. The van der Waals surface area contributed by atoms with E-state index in [0.29, 0.717) is 36.6 Å². The van der Waals surface area contributed by atoms with Gasteiger partial charge in [0, 0.05) is 36.7 Å². The first-order valence-corrected chi connectivity index (χ1v) is 8.93. The minimum atomic E-state index is -3.58. The van der Waals surface area contributed by atoms with Gasteiger partial charge in [-0.25, -0.2) is 18.1 Å². The van der Waals surface area contributed by atoms with E-state index < -0.39 is 10.0 Å². The van der Waals surface area contributed by atoms with E-state index in [4.69, 9.17) is 4.42 Å². The molecule has 0 fully saturated rings. The molecule has 0 aliphatic rings. The number of hydrogen-bond donors (Lipinski definition) is 2. The molecule has 116 valence electrons. The van der Waals surface area contributed by atoms with Crippen molar-refractivity contribution in [3.05, 3.63) is 33.7 Å². The van der Waals surface area contributed by atoms with Crippen LogP contribution in [0.3, 0.4) is 0 Å². The van der Waals surface area contributed by atoms with Crippen LogP contribution in [0, 0.1) is 13.8 Å². The van der Waals surface area contributed by atoms with Crippen molar-refractivity contribution < 1.29 is 12.8 Å². The normalized spacial score (nSPS) is 12.0. The third-order valence-corrected chi connectivity index (χ3v) is 5.56. The molecule has 2 heterocycles. The Morgan fingerprint density at radius 1 is 1.33 bits per heavy atom. The molecule has 0 aromatic carbocycles. The summed E-state index contributed by atoms with van der Waals surface area (Å²) in [4.78, 5) is 4.38. The average Bonchev–Trinajstić information content (AvgIpc) is 2.99. The standard InChI is InChI=1S/C13H19N3O3S2/c1-9-11(8-14-3)13(10(2)19-9)21(17,18)16-5-4-12-15-6-7-20-12/h6-7,14,16H,4-5,8H2,1-3H3. The molecule has 0 aliphatic carbocycles. The van der Waals surface area contributed by atoms with E-state index in [1.54, 1.807) is 27.1 Å². The maximum atomic E-state index is 12.5. The number of hydrogen-bond acceptors (Lipinski definition) is 6. The monoisotopic (exact) mass is 329 g/mol. The van der Waals surface area contributed by atoms with E-state index in [1.165, 1.54) is 11.3 Å². The van der Waals surface area contributed by atoms with Crippen LogP contribution < -0.4 is 10.0 Å². The number of thiazole rings is 1. The first kappa shape index (κ1) is 16.2. The van der Waals surface area contributed by atoms with Crippen LogP contribution >= 0.6 is 11.3 Å². The smallest absolute Gasteiger partial charge is 0.244 e. The minimum absolute atomic E-state index is 0.244. The number of sulfonamides is 1. The van der Waals surface area contributed by atoms with Gasteiger partial charge in [-0.2, -0.15) is 0 Å². The summed E-state index contributed by atoms with van der Waals surface area (Å²) in [5.41, 5.74) is 0.678. The zero-order valence-electron chi connectivity index (χ0n) is 12.3. The van der Waals surface area contributed by atoms with Gasteiger partial charge in [0.15, 0.2) is 0 Å². The largest absolute Gasteiger partial charge is 0.465 e. The third-order valence-electron chi connectivity index (χ3n) is 3.06. The van der Waals surface area contributed by atoms with Crippen molar-refractivity contribution in [1.29, 1.82) is 0 Å². The van der Waals surface area contributed by atoms with Gasteiger partial charge in [-0.15, -0.1) is 11.3 Å². The quantitative estimate of drug-likeness (QED) is 0.806. The second-order valence-electron chi connectivity index (χ2n) is 4.63. The van der Waals surface area contributed by atoms with Crippen molar-refractivity contribution in [2.24, 2.45) is 0 Å². The van der Waals surface area contributed by atoms with Crippen molar-refractivity contribution in [2.45, 2.75) is 31.7 Å². The topological polar surface area (TPSA) is 84.2 Å². The SMILES string of the molecule is CNCc1c(C)oc(C)c1S(=O)(=O)NCCc1nccs1. The molecule has 6 nitrogen and oxygen atoms in total. The Bertz CT molecular complexity index is 691. The maximum Gasteiger partial charge on any atom is 0.244 e. The predicted molar refractivity (Wildman–Crippen MR) is 82.0 cm³/mol. The fraction of sp³-hybridized carbons (Fsp3) is 0.462. The Balaban J connectivity index is 2.15. The van der Waals surface area contributed by atoms with Gasteiger partial charge in [0.25, 0.3) is 0 Å². The van der Waals surface area contributed by atoms with Crippen LogP contribution in [0.4, 0.5) is 0 Å². The predicted octanol–water partition coefficient (Wildman–Crippen LogP) is 1.59. The van der Waals surface area contributed by atoms with Crippen LogP contribution in [0.5, 0.6) is 0 Å². The van der Waals surface area contributed by atoms with E-state index in [9.17, 15) is 8.42 Å². The maximum absolute atomic E-state index is 12.5. The molecule has 2 aromatic heterocycles. The molecule has 0 amide bonds. The molecule has 21 heavy (non-hydrogen) atoms. The molecule has 0 saturated carbocycles. The summed E-state index contributed by atoms with van der Waals surface area (Å²) in [7, 11) is -1.81. The van der Waals surface area contributed by atoms with Crippen LogP contribution in [0.2, 0.25) is 0 Å². The highest BCUT2D eigenvalue weighted by Crippen LogP contribution is 2.26. The number of nitrogens with one attached hydrogen (secondary N) is 2. The van der Waals surface area contributed by atoms with E-state index in [-0.39, 0.29) is 4.90 Å². The summed E-state index contributed by atoms with van der Waals surface area (Å²) >= 11 is 1.51. The highest BCUT2D eigenvalue weighted by molar-refractivity contribution is 7.89. The Labute approximate surface area is 128 Å².